The molecule has 0 bridgehead atoms. The van der Waals surface area contributed by atoms with Crippen molar-refractivity contribution in [3.63, 3.8) is 0 Å². The van der Waals surface area contributed by atoms with Crippen molar-refractivity contribution in [2.75, 3.05) is 10.6 Å². The fraction of sp³-hybridized carbons (Fsp3) is 0.545. The van der Waals surface area contributed by atoms with Crippen molar-refractivity contribution in [3.8, 4) is 5.75 Å². The van der Waals surface area contributed by atoms with Gasteiger partial charge >= 0.3 is 0 Å². The van der Waals surface area contributed by atoms with E-state index >= 15 is 0 Å². The van der Waals surface area contributed by atoms with Crippen LogP contribution in [0.4, 0.5) is 11.4 Å². The molecule has 6 nitrogen and oxygen atoms in total. The van der Waals surface area contributed by atoms with Gasteiger partial charge in [-0.1, -0.05) is 99.0 Å². The van der Waals surface area contributed by atoms with Gasteiger partial charge in [-0.15, -0.1) is 0 Å². The maximum absolute atomic E-state index is 13.3. The number of anilines is 2. The van der Waals surface area contributed by atoms with E-state index in [0.29, 0.717) is 23.5 Å². The van der Waals surface area contributed by atoms with Gasteiger partial charge in [0.2, 0.25) is 3.78 Å². The third kappa shape index (κ3) is 8.57. The molecule has 2 atom stereocenters. The second kappa shape index (κ2) is 13.3. The number of rotatable bonds is 12. The fourth-order valence-electron chi connectivity index (χ4n) is 4.13. The first-order valence-corrected chi connectivity index (χ1v) is 15.4. The summed E-state index contributed by atoms with van der Waals surface area (Å²) in [5.41, 5.74) is 2.24. The zero-order chi connectivity index (χ0) is 31.4. The van der Waals surface area contributed by atoms with Crippen LogP contribution in [0.5, 0.6) is 5.75 Å². The number of carbonyl (C=O) groups excluding carboxylic acids is 3. The van der Waals surface area contributed by atoms with Crippen LogP contribution in [0.25, 0.3) is 0 Å². The minimum absolute atomic E-state index is 0.0249. The number of Topliss-reactive ketones (excluding diaryl/α,β-unsaturated/α-hetero) is 1. The molecule has 2 amide bonds. The smallest absolute Gasteiger partial charge is 0.265 e. The Bertz CT molecular complexity index is 1260. The number of hydrogen-bond donors (Lipinski definition) is 2. The number of halogens is 2. The molecular weight excluding hydrogens is 604 g/mol. The van der Waals surface area contributed by atoms with Crippen molar-refractivity contribution in [2.24, 2.45) is 5.41 Å². The molecule has 2 aromatic carbocycles. The number of ether oxygens (including phenoxy) is 1. The van der Waals surface area contributed by atoms with Crippen LogP contribution in [0.15, 0.2) is 42.5 Å². The Kier molecular flexibility index (Phi) is 11.3. The molecule has 0 heterocycles. The normalized spacial score (nSPS) is 14.5. The van der Waals surface area contributed by atoms with E-state index in [9.17, 15) is 14.4 Å². The van der Waals surface area contributed by atoms with Gasteiger partial charge in [0.1, 0.15) is 5.75 Å². The predicted octanol–water partition coefficient (Wildman–Crippen LogP) is 8.74. The molecule has 2 N–H and O–H groups in total. The Hall–Kier alpha value is -2.38. The topological polar surface area (TPSA) is 84.5 Å². The molecule has 0 radical (unpaired) electrons. The van der Waals surface area contributed by atoms with Gasteiger partial charge in [0, 0.05) is 22.4 Å². The van der Waals surface area contributed by atoms with Crippen LogP contribution in [0.1, 0.15) is 99.6 Å². The summed E-state index contributed by atoms with van der Waals surface area (Å²) >= 11 is 9.39. The van der Waals surface area contributed by atoms with E-state index in [4.69, 9.17) is 16.3 Å². The van der Waals surface area contributed by atoms with Gasteiger partial charge in [0.05, 0.1) is 0 Å². The molecule has 2 aromatic rings. The van der Waals surface area contributed by atoms with Crippen LogP contribution in [0.2, 0.25) is 0 Å². The summed E-state index contributed by atoms with van der Waals surface area (Å²) in [6.45, 7) is 20.2. The zero-order valence-electron chi connectivity index (χ0n) is 26.1. The summed E-state index contributed by atoms with van der Waals surface area (Å²) in [5, 5.41) is 5.57. The number of amides is 2. The van der Waals surface area contributed by atoms with Crippen molar-refractivity contribution < 1.29 is 19.1 Å². The fourth-order valence-corrected chi connectivity index (χ4v) is 5.16. The van der Waals surface area contributed by atoms with Crippen molar-refractivity contribution in [1.29, 1.82) is 0 Å². The lowest BCUT2D eigenvalue weighted by Crippen LogP contribution is -2.45. The molecule has 8 heteroatoms. The van der Waals surface area contributed by atoms with E-state index in [2.05, 4.69) is 80.2 Å². The molecule has 2 rings (SSSR count). The summed E-state index contributed by atoms with van der Waals surface area (Å²) in [5.74, 6) is -0.773. The van der Waals surface area contributed by atoms with Crippen molar-refractivity contribution in [2.45, 2.75) is 109 Å². The number of benzene rings is 2. The zero-order valence-corrected chi connectivity index (χ0v) is 28.5. The van der Waals surface area contributed by atoms with E-state index in [1.807, 2.05) is 13.0 Å². The lowest BCUT2D eigenvalue weighted by Gasteiger charge is -2.31. The Labute approximate surface area is 259 Å². The standard InChI is InChI=1S/C33H46BrClN2O4/c1-11-25(41-26-18-17-21(31(7,8)12-2)19-24(26)32(9,10)13-3)27(38)36-22-15-14-16-23(20-22)37-29(40)33(34,35)28(39)30(4,5)6/h14-20,25H,11-13H2,1-10H3,(H,36,38)(H,37,40). The molecule has 0 spiro atoms. The molecule has 2 unspecified atom stereocenters. The predicted molar refractivity (Wildman–Crippen MR) is 173 cm³/mol. The van der Waals surface area contributed by atoms with Gasteiger partial charge in [0.25, 0.3) is 11.8 Å². The molecule has 0 aliphatic carbocycles. The van der Waals surface area contributed by atoms with Crippen molar-refractivity contribution in [1.82, 2.24) is 0 Å². The van der Waals surface area contributed by atoms with Gasteiger partial charge in [-0.05, 0) is 75.9 Å². The molecular formula is C33H46BrClN2O4. The average molecular weight is 650 g/mol. The van der Waals surface area contributed by atoms with Gasteiger partial charge in [-0.3, -0.25) is 14.4 Å². The highest BCUT2D eigenvalue weighted by molar-refractivity contribution is 9.11. The largest absolute Gasteiger partial charge is 0.480 e. The van der Waals surface area contributed by atoms with Crippen LogP contribution >= 0.6 is 27.5 Å². The number of carbonyl (C=O) groups is 3. The SMILES string of the molecule is CCC(Oc1ccc(C(C)(C)CC)cc1C(C)(C)CC)C(=O)Nc1cccc(NC(=O)C(Cl)(Br)C(=O)C(C)(C)C)c1. The molecule has 0 saturated carbocycles. The van der Waals surface area contributed by atoms with E-state index in [1.165, 1.54) is 5.56 Å². The lowest BCUT2D eigenvalue weighted by atomic mass is 9.76. The van der Waals surface area contributed by atoms with Crippen LogP contribution in [0, 0.1) is 5.41 Å². The van der Waals surface area contributed by atoms with Gasteiger partial charge in [-0.25, -0.2) is 0 Å². The number of alkyl halides is 2. The highest BCUT2D eigenvalue weighted by atomic mass is 79.9. The van der Waals surface area contributed by atoms with Crippen molar-refractivity contribution in [3.05, 3.63) is 53.6 Å². The first-order valence-electron chi connectivity index (χ1n) is 14.3. The average Bonchev–Trinajstić information content (AvgIpc) is 2.90. The summed E-state index contributed by atoms with van der Waals surface area (Å²) in [6, 6.07) is 13.0. The molecule has 226 valence electrons. The summed E-state index contributed by atoms with van der Waals surface area (Å²) < 4.78 is 4.45. The first-order chi connectivity index (χ1) is 18.8. The molecule has 0 saturated heterocycles. The van der Waals surface area contributed by atoms with Crippen LogP contribution < -0.4 is 15.4 Å². The minimum atomic E-state index is -1.92. The van der Waals surface area contributed by atoms with E-state index in [1.54, 1.807) is 45.0 Å². The van der Waals surface area contributed by atoms with Crippen LogP contribution in [0.3, 0.4) is 0 Å². The van der Waals surface area contributed by atoms with Gasteiger partial charge < -0.3 is 15.4 Å². The molecule has 0 aromatic heterocycles. The summed E-state index contributed by atoms with van der Waals surface area (Å²) in [6.07, 6.45) is 1.66. The van der Waals surface area contributed by atoms with E-state index in [0.717, 1.165) is 18.4 Å². The van der Waals surface area contributed by atoms with Gasteiger partial charge in [-0.2, -0.15) is 0 Å². The maximum atomic E-state index is 13.3. The molecule has 0 aliphatic heterocycles. The Balaban J connectivity index is 2.27. The Morgan fingerprint density at radius 3 is 1.93 bits per heavy atom. The highest BCUT2D eigenvalue weighted by Crippen LogP contribution is 2.39. The third-order valence-electron chi connectivity index (χ3n) is 7.83. The van der Waals surface area contributed by atoms with Crippen molar-refractivity contribution >= 4 is 56.5 Å². The first kappa shape index (κ1) is 34.8. The third-order valence-corrected chi connectivity index (χ3v) is 8.89. The van der Waals surface area contributed by atoms with Gasteiger partial charge in [0.15, 0.2) is 11.9 Å². The molecule has 41 heavy (non-hydrogen) atoms. The van der Waals surface area contributed by atoms with Crippen LogP contribution in [-0.4, -0.2) is 27.5 Å². The number of hydrogen-bond acceptors (Lipinski definition) is 4. The van der Waals surface area contributed by atoms with E-state index < -0.39 is 27.0 Å². The van der Waals surface area contributed by atoms with Crippen LogP contribution in [-0.2, 0) is 25.2 Å². The minimum Gasteiger partial charge on any atom is -0.480 e. The second-order valence-electron chi connectivity index (χ2n) is 12.9. The number of ketones is 1. The summed E-state index contributed by atoms with van der Waals surface area (Å²) in [7, 11) is 0. The monoisotopic (exact) mass is 648 g/mol. The summed E-state index contributed by atoms with van der Waals surface area (Å²) in [4.78, 5) is 38.9. The Morgan fingerprint density at radius 2 is 1.41 bits per heavy atom. The molecule has 0 aliphatic rings. The highest BCUT2D eigenvalue weighted by Gasteiger charge is 2.46. The quantitative estimate of drug-likeness (QED) is 0.178. The number of nitrogens with one attached hydrogen (secondary N) is 2. The second-order valence-corrected chi connectivity index (χ2v) is 15.1. The maximum Gasteiger partial charge on any atom is 0.265 e. The lowest BCUT2D eigenvalue weighted by molar-refractivity contribution is -0.131. The molecule has 0 fully saturated rings. The van der Waals surface area contributed by atoms with E-state index in [-0.39, 0.29) is 16.7 Å². The Morgan fingerprint density at radius 1 is 0.854 bits per heavy atom.